The van der Waals surface area contributed by atoms with E-state index in [2.05, 4.69) is 21.2 Å². The molecule has 6 heteroatoms. The number of nitrogens with one attached hydrogen (secondary N) is 1. The van der Waals surface area contributed by atoms with Gasteiger partial charge in [0, 0.05) is 22.3 Å². The maximum absolute atomic E-state index is 12.0. The molecule has 2 N–H and O–H groups in total. The minimum absolute atomic E-state index is 0.183. The molecular formula is C16H19BrClNO3. The Morgan fingerprint density at radius 2 is 2.05 bits per heavy atom. The number of benzene rings is 1. The number of rotatable bonds is 6. The summed E-state index contributed by atoms with van der Waals surface area (Å²) in [6, 6.07) is 4.27. The summed E-state index contributed by atoms with van der Waals surface area (Å²) in [5, 5.41) is 12.5. The van der Waals surface area contributed by atoms with E-state index in [9.17, 15) is 14.7 Å². The van der Waals surface area contributed by atoms with Crippen LogP contribution in [0.2, 0.25) is 5.02 Å². The molecule has 4 nitrogen and oxygen atoms in total. The van der Waals surface area contributed by atoms with E-state index in [1.807, 2.05) is 0 Å². The van der Waals surface area contributed by atoms with Crippen molar-refractivity contribution < 1.29 is 14.7 Å². The zero-order chi connectivity index (χ0) is 16.1. The predicted octanol–water partition coefficient (Wildman–Crippen LogP) is 3.79. The van der Waals surface area contributed by atoms with Crippen molar-refractivity contribution in [1.29, 1.82) is 0 Å². The molecule has 1 aliphatic rings. The molecule has 1 aliphatic carbocycles. The highest BCUT2D eigenvalue weighted by Gasteiger charge is 2.24. The van der Waals surface area contributed by atoms with Gasteiger partial charge in [0.25, 0.3) is 0 Å². The summed E-state index contributed by atoms with van der Waals surface area (Å²) in [6.07, 6.45) is 5.06. The van der Waals surface area contributed by atoms with Crippen LogP contribution in [0.15, 0.2) is 22.7 Å². The lowest BCUT2D eigenvalue weighted by molar-refractivity contribution is -0.141. The van der Waals surface area contributed by atoms with Crippen molar-refractivity contribution in [1.82, 2.24) is 5.32 Å². The number of carbonyl (C=O) groups is 2. The van der Waals surface area contributed by atoms with Crippen molar-refractivity contribution >= 4 is 39.4 Å². The quantitative estimate of drug-likeness (QED) is 0.779. The maximum Gasteiger partial charge on any atom is 0.326 e. The minimum Gasteiger partial charge on any atom is -0.480 e. The average Bonchev–Trinajstić information content (AvgIpc) is 2.94. The zero-order valence-corrected chi connectivity index (χ0v) is 14.5. The van der Waals surface area contributed by atoms with E-state index in [1.54, 1.807) is 18.2 Å². The lowest BCUT2D eigenvalue weighted by Crippen LogP contribution is -2.42. The summed E-state index contributed by atoms with van der Waals surface area (Å²) < 4.78 is 0.785. The molecule has 22 heavy (non-hydrogen) atoms. The molecule has 0 radical (unpaired) electrons. The third kappa shape index (κ3) is 4.99. The second-order valence-corrected chi connectivity index (χ2v) is 7.04. The topological polar surface area (TPSA) is 66.4 Å². The summed E-state index contributed by atoms with van der Waals surface area (Å²) in [5.74, 6) is -0.823. The summed E-state index contributed by atoms with van der Waals surface area (Å²) in [4.78, 5) is 23.5. The fraction of sp³-hybridized carbons (Fsp3) is 0.500. The van der Waals surface area contributed by atoms with Crippen molar-refractivity contribution in [2.24, 2.45) is 5.92 Å². The summed E-state index contributed by atoms with van der Waals surface area (Å²) in [7, 11) is 0. The number of aliphatic carboxylic acids is 1. The van der Waals surface area contributed by atoms with E-state index in [1.165, 1.54) is 0 Å². The monoisotopic (exact) mass is 387 g/mol. The third-order valence-corrected chi connectivity index (χ3v) is 5.02. The van der Waals surface area contributed by atoms with Crippen LogP contribution in [0.25, 0.3) is 0 Å². The summed E-state index contributed by atoms with van der Waals surface area (Å²) >= 11 is 9.32. The van der Waals surface area contributed by atoms with Gasteiger partial charge in [0.05, 0.1) is 0 Å². The fourth-order valence-corrected chi connectivity index (χ4v) is 3.45. The molecular weight excluding hydrogens is 370 g/mol. The van der Waals surface area contributed by atoms with Crippen LogP contribution in [0.1, 0.15) is 37.7 Å². The molecule has 1 aromatic carbocycles. The van der Waals surface area contributed by atoms with Gasteiger partial charge in [-0.1, -0.05) is 40.4 Å². The maximum atomic E-state index is 12.0. The van der Waals surface area contributed by atoms with Gasteiger partial charge in [-0.25, -0.2) is 4.79 Å². The molecule has 0 spiro atoms. The third-order valence-electron chi connectivity index (χ3n) is 4.01. The molecule has 120 valence electrons. The van der Waals surface area contributed by atoms with Gasteiger partial charge in [0.1, 0.15) is 6.04 Å². The van der Waals surface area contributed by atoms with Gasteiger partial charge in [-0.2, -0.15) is 0 Å². The lowest BCUT2D eigenvalue weighted by atomic mass is 10.0. The highest BCUT2D eigenvalue weighted by Crippen LogP contribution is 2.27. The Bertz CT molecular complexity index is 558. The molecule has 0 bridgehead atoms. The van der Waals surface area contributed by atoms with E-state index in [0.29, 0.717) is 17.4 Å². The Labute approximate surface area is 143 Å². The van der Waals surface area contributed by atoms with Gasteiger partial charge < -0.3 is 10.4 Å². The Hall–Kier alpha value is -1.07. The zero-order valence-electron chi connectivity index (χ0n) is 12.1. The molecule has 1 aromatic rings. The van der Waals surface area contributed by atoms with E-state index in [4.69, 9.17) is 11.6 Å². The molecule has 0 saturated heterocycles. The first kappa shape index (κ1) is 17.3. The second-order valence-electron chi connectivity index (χ2n) is 5.75. The van der Waals surface area contributed by atoms with Gasteiger partial charge in [-0.15, -0.1) is 0 Å². The second kappa shape index (κ2) is 7.97. The molecule has 1 amide bonds. The van der Waals surface area contributed by atoms with E-state index < -0.39 is 12.0 Å². The van der Waals surface area contributed by atoms with E-state index >= 15 is 0 Å². The number of carbonyl (C=O) groups excluding carboxylic acids is 1. The van der Waals surface area contributed by atoms with Crippen LogP contribution >= 0.6 is 27.5 Å². The Morgan fingerprint density at radius 1 is 1.36 bits per heavy atom. The first-order chi connectivity index (χ1) is 10.5. The van der Waals surface area contributed by atoms with Crippen LogP contribution in [-0.2, 0) is 16.0 Å². The Morgan fingerprint density at radius 3 is 2.68 bits per heavy atom. The first-order valence-electron chi connectivity index (χ1n) is 7.42. The van der Waals surface area contributed by atoms with Gasteiger partial charge >= 0.3 is 5.97 Å². The summed E-state index contributed by atoms with van der Waals surface area (Å²) in [6.45, 7) is 0. The molecule has 0 unspecified atom stereocenters. The highest BCUT2D eigenvalue weighted by atomic mass is 79.9. The number of carboxylic acids is 1. The summed E-state index contributed by atoms with van der Waals surface area (Å²) in [5.41, 5.74) is 0.765. The molecule has 0 heterocycles. The molecule has 0 aromatic heterocycles. The predicted molar refractivity (Wildman–Crippen MR) is 89.0 cm³/mol. The van der Waals surface area contributed by atoms with Gasteiger partial charge in [-0.05, 0) is 42.5 Å². The molecule has 2 rings (SSSR count). The Kier molecular flexibility index (Phi) is 6.26. The number of halogens is 2. The van der Waals surface area contributed by atoms with Crippen LogP contribution < -0.4 is 5.32 Å². The van der Waals surface area contributed by atoms with Crippen LogP contribution in [0, 0.1) is 5.92 Å². The van der Waals surface area contributed by atoms with Crippen molar-refractivity contribution in [2.75, 3.05) is 0 Å². The van der Waals surface area contributed by atoms with Crippen molar-refractivity contribution in [3.8, 4) is 0 Å². The van der Waals surface area contributed by atoms with Crippen molar-refractivity contribution in [3.63, 3.8) is 0 Å². The lowest BCUT2D eigenvalue weighted by Gasteiger charge is -2.17. The largest absolute Gasteiger partial charge is 0.480 e. The van der Waals surface area contributed by atoms with Gasteiger partial charge in [0.15, 0.2) is 0 Å². The Balaban J connectivity index is 1.98. The van der Waals surface area contributed by atoms with Crippen molar-refractivity contribution in [3.05, 3.63) is 33.3 Å². The number of hydrogen-bond acceptors (Lipinski definition) is 2. The molecule has 0 aliphatic heterocycles. The van der Waals surface area contributed by atoms with Crippen molar-refractivity contribution in [2.45, 2.75) is 44.6 Å². The van der Waals surface area contributed by atoms with E-state index in [-0.39, 0.29) is 12.3 Å². The highest BCUT2D eigenvalue weighted by molar-refractivity contribution is 9.10. The van der Waals surface area contributed by atoms with Crippen LogP contribution in [0.3, 0.4) is 0 Å². The van der Waals surface area contributed by atoms with Crippen LogP contribution in [0.5, 0.6) is 0 Å². The minimum atomic E-state index is -1.04. The molecule has 1 fully saturated rings. The molecule has 1 atom stereocenters. The number of hydrogen-bond donors (Lipinski definition) is 2. The van der Waals surface area contributed by atoms with E-state index in [0.717, 1.165) is 35.7 Å². The average molecular weight is 389 g/mol. The van der Waals surface area contributed by atoms with Gasteiger partial charge in [-0.3, -0.25) is 4.79 Å². The van der Waals surface area contributed by atoms with Crippen LogP contribution in [-0.4, -0.2) is 23.0 Å². The number of amides is 1. The normalized spacial score (nSPS) is 16.5. The fourth-order valence-electron chi connectivity index (χ4n) is 2.85. The number of carboxylic acid groups (broad SMARTS) is 1. The standard InChI is InChI=1S/C16H19BrClNO3/c17-13-6-5-12(18)8-11(13)9-14(16(21)22)19-15(20)7-10-3-1-2-4-10/h5-6,8,10,14H,1-4,7,9H2,(H,19,20)(H,21,22)/t14-/m1/s1. The smallest absolute Gasteiger partial charge is 0.326 e. The SMILES string of the molecule is O=C(CC1CCCC1)N[C@H](Cc1cc(Cl)ccc1Br)C(=O)O. The van der Waals surface area contributed by atoms with Gasteiger partial charge in [0.2, 0.25) is 5.91 Å². The molecule has 1 saturated carbocycles. The first-order valence-corrected chi connectivity index (χ1v) is 8.59. The van der Waals surface area contributed by atoms with Crippen LogP contribution in [0.4, 0.5) is 0 Å².